The molecule has 3 heteroatoms. The molecule has 94 valence electrons. The van der Waals surface area contributed by atoms with Gasteiger partial charge >= 0.3 is 0 Å². The SMILES string of the molecule is C[C@@H](O)c1cccc(F)c1N1CCCC1(C)C. The lowest BCUT2D eigenvalue weighted by atomic mass is 9.99. The summed E-state index contributed by atoms with van der Waals surface area (Å²) in [5.74, 6) is -0.238. The van der Waals surface area contributed by atoms with Gasteiger partial charge in [0, 0.05) is 17.6 Å². The zero-order valence-electron chi connectivity index (χ0n) is 10.7. The van der Waals surface area contributed by atoms with Gasteiger partial charge in [0.1, 0.15) is 5.82 Å². The molecule has 0 spiro atoms. The van der Waals surface area contributed by atoms with Crippen molar-refractivity contribution >= 4 is 5.69 Å². The molecule has 0 amide bonds. The second-order valence-electron chi connectivity index (χ2n) is 5.42. The first kappa shape index (κ1) is 12.4. The van der Waals surface area contributed by atoms with Crippen LogP contribution in [0.2, 0.25) is 0 Å². The molecular weight excluding hydrogens is 217 g/mol. The number of nitrogens with zero attached hydrogens (tertiary/aromatic N) is 1. The smallest absolute Gasteiger partial charge is 0.146 e. The third-order valence-electron chi connectivity index (χ3n) is 3.64. The number of benzene rings is 1. The van der Waals surface area contributed by atoms with Crippen molar-refractivity contribution in [1.82, 2.24) is 0 Å². The van der Waals surface area contributed by atoms with Crippen molar-refractivity contribution in [2.45, 2.75) is 45.3 Å². The molecule has 0 aromatic heterocycles. The third kappa shape index (κ3) is 2.16. The maximum atomic E-state index is 14.1. The van der Waals surface area contributed by atoms with E-state index in [1.807, 2.05) is 0 Å². The minimum atomic E-state index is -0.642. The number of para-hydroxylation sites is 1. The van der Waals surface area contributed by atoms with E-state index in [-0.39, 0.29) is 11.4 Å². The number of hydrogen-bond acceptors (Lipinski definition) is 2. The fraction of sp³-hybridized carbons (Fsp3) is 0.571. The lowest BCUT2D eigenvalue weighted by Crippen LogP contribution is -2.39. The standard InChI is InChI=1S/C14H20FNO/c1-10(17)11-6-4-7-12(15)13(11)16-9-5-8-14(16,2)3/h4,6-7,10,17H,5,8-9H2,1-3H3/t10-/m1/s1. The predicted octanol–water partition coefficient (Wildman–Crippen LogP) is 3.26. The van der Waals surface area contributed by atoms with Gasteiger partial charge in [-0.1, -0.05) is 12.1 Å². The lowest BCUT2D eigenvalue weighted by molar-refractivity contribution is 0.199. The monoisotopic (exact) mass is 237 g/mol. The second kappa shape index (κ2) is 4.30. The third-order valence-corrected chi connectivity index (χ3v) is 3.64. The molecule has 1 N–H and O–H groups in total. The van der Waals surface area contributed by atoms with Crippen molar-refractivity contribution < 1.29 is 9.50 Å². The summed E-state index contributed by atoms with van der Waals surface area (Å²) in [4.78, 5) is 2.09. The highest BCUT2D eigenvalue weighted by Crippen LogP contribution is 2.38. The molecule has 0 radical (unpaired) electrons. The fourth-order valence-corrected chi connectivity index (χ4v) is 2.68. The van der Waals surface area contributed by atoms with Crippen molar-refractivity contribution in [3.8, 4) is 0 Å². The van der Waals surface area contributed by atoms with Crippen LogP contribution in [-0.4, -0.2) is 17.2 Å². The summed E-state index contributed by atoms with van der Waals surface area (Å²) in [5.41, 5.74) is 1.22. The van der Waals surface area contributed by atoms with E-state index in [4.69, 9.17) is 0 Å². The highest BCUT2D eigenvalue weighted by atomic mass is 19.1. The Hall–Kier alpha value is -1.09. The van der Waals surface area contributed by atoms with Crippen molar-refractivity contribution in [2.24, 2.45) is 0 Å². The highest BCUT2D eigenvalue weighted by Gasteiger charge is 2.35. The van der Waals surface area contributed by atoms with Crippen LogP contribution in [0.1, 0.15) is 45.3 Å². The van der Waals surface area contributed by atoms with Crippen LogP contribution >= 0.6 is 0 Å². The zero-order chi connectivity index (χ0) is 12.6. The van der Waals surface area contributed by atoms with Gasteiger partial charge in [-0.25, -0.2) is 4.39 Å². The average Bonchev–Trinajstić information content (AvgIpc) is 2.57. The van der Waals surface area contributed by atoms with Crippen LogP contribution in [-0.2, 0) is 0 Å². The molecule has 1 atom stereocenters. The van der Waals surface area contributed by atoms with Gasteiger partial charge in [0.25, 0.3) is 0 Å². The van der Waals surface area contributed by atoms with E-state index in [0.29, 0.717) is 11.3 Å². The Morgan fingerprint density at radius 1 is 1.41 bits per heavy atom. The van der Waals surface area contributed by atoms with Crippen LogP contribution in [0.25, 0.3) is 0 Å². The Morgan fingerprint density at radius 3 is 2.65 bits per heavy atom. The van der Waals surface area contributed by atoms with E-state index < -0.39 is 6.10 Å². The van der Waals surface area contributed by atoms with Gasteiger partial charge in [0.15, 0.2) is 0 Å². The normalized spacial score (nSPS) is 20.6. The van der Waals surface area contributed by atoms with Gasteiger partial charge in [-0.15, -0.1) is 0 Å². The fourth-order valence-electron chi connectivity index (χ4n) is 2.68. The molecule has 0 saturated carbocycles. The molecule has 1 aliphatic heterocycles. The first-order valence-electron chi connectivity index (χ1n) is 6.17. The van der Waals surface area contributed by atoms with Crippen molar-refractivity contribution in [2.75, 3.05) is 11.4 Å². The zero-order valence-corrected chi connectivity index (χ0v) is 10.7. The summed E-state index contributed by atoms with van der Waals surface area (Å²) in [6.07, 6.45) is 1.48. The van der Waals surface area contributed by atoms with E-state index in [2.05, 4.69) is 18.7 Å². The molecule has 1 fully saturated rings. The van der Waals surface area contributed by atoms with Gasteiger partial charge in [0.2, 0.25) is 0 Å². The largest absolute Gasteiger partial charge is 0.389 e. The second-order valence-corrected chi connectivity index (χ2v) is 5.42. The molecule has 1 saturated heterocycles. The number of hydrogen-bond donors (Lipinski definition) is 1. The van der Waals surface area contributed by atoms with Gasteiger partial charge in [-0.2, -0.15) is 0 Å². The van der Waals surface area contributed by atoms with Crippen LogP contribution in [0.5, 0.6) is 0 Å². The van der Waals surface area contributed by atoms with E-state index in [1.165, 1.54) is 6.07 Å². The molecule has 0 bridgehead atoms. The Labute approximate surface area is 102 Å². The maximum absolute atomic E-state index is 14.1. The van der Waals surface area contributed by atoms with E-state index in [9.17, 15) is 9.50 Å². The summed E-state index contributed by atoms with van der Waals surface area (Å²) in [6, 6.07) is 4.93. The number of rotatable bonds is 2. The summed E-state index contributed by atoms with van der Waals surface area (Å²) >= 11 is 0. The number of aliphatic hydroxyl groups excluding tert-OH is 1. The quantitative estimate of drug-likeness (QED) is 0.853. The molecule has 1 heterocycles. The molecule has 2 rings (SSSR count). The number of aliphatic hydroxyl groups is 1. The molecule has 0 unspecified atom stereocenters. The van der Waals surface area contributed by atoms with Crippen molar-refractivity contribution in [3.63, 3.8) is 0 Å². The molecule has 1 aromatic rings. The minimum Gasteiger partial charge on any atom is -0.389 e. The topological polar surface area (TPSA) is 23.5 Å². The molecule has 17 heavy (non-hydrogen) atoms. The Balaban J connectivity index is 2.50. The first-order chi connectivity index (χ1) is 7.93. The predicted molar refractivity (Wildman–Crippen MR) is 67.7 cm³/mol. The maximum Gasteiger partial charge on any atom is 0.146 e. The van der Waals surface area contributed by atoms with Gasteiger partial charge in [0.05, 0.1) is 11.8 Å². The number of anilines is 1. The molecule has 0 aliphatic carbocycles. The Kier molecular flexibility index (Phi) is 3.13. The van der Waals surface area contributed by atoms with E-state index in [0.717, 1.165) is 19.4 Å². The van der Waals surface area contributed by atoms with Crippen LogP contribution in [0.3, 0.4) is 0 Å². The van der Waals surface area contributed by atoms with Crippen LogP contribution in [0.4, 0.5) is 10.1 Å². The van der Waals surface area contributed by atoms with Crippen LogP contribution < -0.4 is 4.90 Å². The van der Waals surface area contributed by atoms with Crippen LogP contribution in [0.15, 0.2) is 18.2 Å². The summed E-state index contributed by atoms with van der Waals surface area (Å²) in [6.45, 7) is 6.78. The molecule has 1 aliphatic rings. The van der Waals surface area contributed by atoms with Crippen molar-refractivity contribution in [1.29, 1.82) is 0 Å². The average molecular weight is 237 g/mol. The summed E-state index contributed by atoms with van der Waals surface area (Å²) < 4.78 is 14.1. The first-order valence-corrected chi connectivity index (χ1v) is 6.17. The number of halogens is 1. The van der Waals surface area contributed by atoms with Gasteiger partial charge < -0.3 is 10.0 Å². The molecule has 1 aromatic carbocycles. The van der Waals surface area contributed by atoms with Crippen LogP contribution in [0, 0.1) is 5.82 Å². The Morgan fingerprint density at radius 2 is 2.12 bits per heavy atom. The highest BCUT2D eigenvalue weighted by molar-refractivity contribution is 5.58. The van der Waals surface area contributed by atoms with E-state index in [1.54, 1.807) is 19.1 Å². The minimum absolute atomic E-state index is 0.0359. The van der Waals surface area contributed by atoms with Gasteiger partial charge in [-0.05, 0) is 39.7 Å². The summed E-state index contributed by atoms with van der Waals surface area (Å²) in [5, 5.41) is 9.77. The molecule has 2 nitrogen and oxygen atoms in total. The lowest BCUT2D eigenvalue weighted by Gasteiger charge is -2.35. The molecular formula is C14H20FNO. The Bertz CT molecular complexity index is 415. The van der Waals surface area contributed by atoms with Crippen molar-refractivity contribution in [3.05, 3.63) is 29.6 Å². The summed E-state index contributed by atoms with van der Waals surface area (Å²) in [7, 11) is 0. The van der Waals surface area contributed by atoms with E-state index >= 15 is 0 Å². The van der Waals surface area contributed by atoms with Gasteiger partial charge in [-0.3, -0.25) is 0 Å².